The second-order valence-electron chi connectivity index (χ2n) is 10.0. The van der Waals surface area contributed by atoms with Gasteiger partial charge in [0.25, 0.3) is 0 Å². The van der Waals surface area contributed by atoms with Crippen molar-refractivity contribution in [1.82, 2.24) is 0 Å². The van der Waals surface area contributed by atoms with Crippen LogP contribution >= 0.6 is 0 Å². The largest absolute Gasteiger partial charge is 0.504 e. The van der Waals surface area contributed by atoms with Crippen LogP contribution in [0, 0.1) is 25.7 Å². The molecule has 0 bridgehead atoms. The Kier molecular flexibility index (Phi) is 7.55. The number of methoxy groups -OCH3 is 1. The number of phenols is 1. The lowest BCUT2D eigenvalue weighted by Crippen LogP contribution is -2.56. The minimum Gasteiger partial charge on any atom is -0.504 e. The summed E-state index contributed by atoms with van der Waals surface area (Å²) in [6.07, 6.45) is -0.379. The highest BCUT2D eigenvalue weighted by molar-refractivity contribution is 6.10. The molecule has 3 aromatic rings. The van der Waals surface area contributed by atoms with Gasteiger partial charge in [-0.25, -0.2) is 0 Å². The van der Waals surface area contributed by atoms with E-state index in [0.717, 1.165) is 11.1 Å². The van der Waals surface area contributed by atoms with Gasteiger partial charge >= 0.3 is 0 Å². The van der Waals surface area contributed by atoms with Gasteiger partial charge in [0, 0.05) is 23.7 Å². The molecule has 1 fully saturated rings. The van der Waals surface area contributed by atoms with Crippen LogP contribution < -0.4 is 15.4 Å². The van der Waals surface area contributed by atoms with Crippen LogP contribution in [0.5, 0.6) is 11.5 Å². The SMILES string of the molecule is COc1cc(C2C(C(=O)Nc3ccccc3C)C(=O)CC(C)(O)C2C(=O)Nc2ccccc2C)ccc1O. The molecule has 0 aliphatic heterocycles. The molecule has 1 saturated carbocycles. The smallest absolute Gasteiger partial charge is 0.235 e. The number of hydrogen-bond acceptors (Lipinski definition) is 6. The highest BCUT2D eigenvalue weighted by atomic mass is 16.5. The predicted molar refractivity (Wildman–Crippen MR) is 144 cm³/mol. The molecule has 4 N–H and O–H groups in total. The second-order valence-corrected chi connectivity index (χ2v) is 10.0. The Morgan fingerprint density at radius 1 is 0.921 bits per heavy atom. The van der Waals surface area contributed by atoms with Gasteiger partial charge in [0.05, 0.1) is 18.6 Å². The lowest BCUT2D eigenvalue weighted by atomic mass is 9.61. The maximum Gasteiger partial charge on any atom is 0.235 e. The zero-order valence-electron chi connectivity index (χ0n) is 21.8. The normalized spacial score (nSPS) is 23.0. The Morgan fingerprint density at radius 3 is 2.03 bits per heavy atom. The van der Waals surface area contributed by atoms with Crippen LogP contribution in [0.3, 0.4) is 0 Å². The molecule has 8 heteroatoms. The van der Waals surface area contributed by atoms with Crippen LogP contribution in [0.2, 0.25) is 0 Å². The standard InChI is InChI=1S/C30H32N2O6/c1-17-9-5-7-11-20(17)31-28(35)26-23(34)16-30(3,37)27(29(36)32-21-12-8-6-10-18(21)2)25(26)19-13-14-22(33)24(15-19)38-4/h5-15,25-27,33,37H,16H2,1-4H3,(H,31,35)(H,32,36). The lowest BCUT2D eigenvalue weighted by Gasteiger charge is -2.44. The van der Waals surface area contributed by atoms with Gasteiger partial charge in [0.2, 0.25) is 11.8 Å². The number of benzene rings is 3. The molecule has 3 aromatic carbocycles. The first-order valence-electron chi connectivity index (χ1n) is 12.4. The summed E-state index contributed by atoms with van der Waals surface area (Å²) >= 11 is 0. The maximum absolute atomic E-state index is 13.8. The molecule has 1 aliphatic carbocycles. The molecule has 4 unspecified atom stereocenters. The van der Waals surface area contributed by atoms with Crippen molar-refractivity contribution in [3.8, 4) is 11.5 Å². The van der Waals surface area contributed by atoms with Crippen LogP contribution in [-0.4, -0.2) is 40.5 Å². The monoisotopic (exact) mass is 516 g/mol. The number of carbonyl (C=O) groups is 3. The van der Waals surface area contributed by atoms with Crippen molar-refractivity contribution in [3.63, 3.8) is 0 Å². The molecule has 0 spiro atoms. The molecule has 4 rings (SSSR count). The minimum atomic E-state index is -1.75. The van der Waals surface area contributed by atoms with Crippen LogP contribution in [-0.2, 0) is 14.4 Å². The molecule has 0 aromatic heterocycles. The van der Waals surface area contributed by atoms with E-state index in [4.69, 9.17) is 4.74 Å². The van der Waals surface area contributed by atoms with Crippen molar-refractivity contribution in [1.29, 1.82) is 0 Å². The number of rotatable bonds is 6. The van der Waals surface area contributed by atoms with Gasteiger partial charge in [-0.3, -0.25) is 14.4 Å². The average molecular weight is 517 g/mol. The van der Waals surface area contributed by atoms with Crippen LogP contribution in [0.4, 0.5) is 11.4 Å². The number of Topliss-reactive ketones (excluding diaryl/α,β-unsaturated/α-hetero) is 1. The summed E-state index contributed by atoms with van der Waals surface area (Å²) in [6, 6.07) is 18.8. The van der Waals surface area contributed by atoms with Crippen molar-refractivity contribution >= 4 is 29.0 Å². The Bertz CT molecular complexity index is 1380. The molecule has 2 amide bonds. The van der Waals surface area contributed by atoms with Crippen LogP contribution in [0.15, 0.2) is 66.7 Å². The first-order chi connectivity index (χ1) is 18.0. The summed E-state index contributed by atoms with van der Waals surface area (Å²) in [7, 11) is 1.38. The number of para-hydroxylation sites is 2. The molecule has 198 valence electrons. The number of ether oxygens (including phenoxy) is 1. The fourth-order valence-corrected chi connectivity index (χ4v) is 5.24. The third-order valence-corrected chi connectivity index (χ3v) is 7.23. The Hall–Kier alpha value is -4.17. The summed E-state index contributed by atoms with van der Waals surface area (Å²) in [5.74, 6) is -5.11. The number of ketones is 1. The van der Waals surface area contributed by atoms with Crippen molar-refractivity contribution in [3.05, 3.63) is 83.4 Å². The molecule has 0 radical (unpaired) electrons. The molecule has 38 heavy (non-hydrogen) atoms. The van der Waals surface area contributed by atoms with Crippen molar-refractivity contribution < 1.29 is 29.3 Å². The molecular formula is C30H32N2O6. The number of phenolic OH excluding ortho intramolecular Hbond substituents is 1. The van der Waals surface area contributed by atoms with E-state index in [9.17, 15) is 24.6 Å². The molecule has 0 heterocycles. The van der Waals surface area contributed by atoms with E-state index in [1.54, 1.807) is 30.3 Å². The lowest BCUT2D eigenvalue weighted by molar-refractivity contribution is -0.150. The molecule has 1 aliphatic rings. The van der Waals surface area contributed by atoms with Crippen LogP contribution in [0.25, 0.3) is 0 Å². The predicted octanol–water partition coefficient (Wildman–Crippen LogP) is 4.33. The fourth-order valence-electron chi connectivity index (χ4n) is 5.24. The number of amides is 2. The third-order valence-electron chi connectivity index (χ3n) is 7.23. The van der Waals surface area contributed by atoms with Crippen LogP contribution in [0.1, 0.15) is 36.0 Å². The molecule has 0 saturated heterocycles. The van der Waals surface area contributed by atoms with Gasteiger partial charge in [0.15, 0.2) is 11.5 Å². The van der Waals surface area contributed by atoms with Gasteiger partial charge in [-0.1, -0.05) is 42.5 Å². The number of hydrogen-bond donors (Lipinski definition) is 4. The minimum absolute atomic E-state index is 0.122. The van der Waals surface area contributed by atoms with Gasteiger partial charge in [-0.2, -0.15) is 0 Å². The fraction of sp³-hybridized carbons (Fsp3) is 0.300. The number of anilines is 2. The first kappa shape index (κ1) is 26.9. The topological polar surface area (TPSA) is 125 Å². The van der Waals surface area contributed by atoms with Gasteiger partial charge in [-0.05, 0) is 61.7 Å². The zero-order valence-corrected chi connectivity index (χ0v) is 21.8. The number of aromatic hydroxyl groups is 1. The number of aliphatic hydroxyl groups is 1. The molecular weight excluding hydrogens is 484 g/mol. The van der Waals surface area contributed by atoms with Gasteiger partial charge < -0.3 is 25.6 Å². The van der Waals surface area contributed by atoms with E-state index >= 15 is 0 Å². The van der Waals surface area contributed by atoms with Crippen molar-refractivity contribution in [2.45, 2.75) is 38.7 Å². The highest BCUT2D eigenvalue weighted by Crippen LogP contribution is 2.48. The quantitative estimate of drug-likeness (QED) is 0.362. The van der Waals surface area contributed by atoms with Crippen molar-refractivity contribution in [2.24, 2.45) is 11.8 Å². The van der Waals surface area contributed by atoms with E-state index in [1.807, 2.05) is 38.1 Å². The second kappa shape index (κ2) is 10.7. The first-order valence-corrected chi connectivity index (χ1v) is 12.4. The van der Waals surface area contributed by atoms with E-state index in [-0.39, 0.29) is 17.9 Å². The van der Waals surface area contributed by atoms with E-state index in [0.29, 0.717) is 16.9 Å². The van der Waals surface area contributed by atoms with E-state index in [2.05, 4.69) is 10.6 Å². The highest BCUT2D eigenvalue weighted by Gasteiger charge is 2.56. The summed E-state index contributed by atoms with van der Waals surface area (Å²) in [5, 5.41) is 27.4. The van der Waals surface area contributed by atoms with Crippen molar-refractivity contribution in [2.75, 3.05) is 17.7 Å². The summed E-state index contributed by atoms with van der Waals surface area (Å²) in [5.41, 5.74) is 1.40. The van der Waals surface area contributed by atoms with Gasteiger partial charge in [0.1, 0.15) is 11.7 Å². The molecule has 4 atom stereocenters. The summed E-state index contributed by atoms with van der Waals surface area (Å²) in [4.78, 5) is 41.0. The zero-order chi connectivity index (χ0) is 27.6. The van der Waals surface area contributed by atoms with E-state index in [1.165, 1.54) is 26.2 Å². The summed E-state index contributed by atoms with van der Waals surface area (Å²) < 4.78 is 5.27. The van der Waals surface area contributed by atoms with Gasteiger partial charge in [-0.15, -0.1) is 0 Å². The maximum atomic E-state index is 13.8. The Morgan fingerprint density at radius 2 is 1.47 bits per heavy atom. The number of carbonyl (C=O) groups excluding carboxylic acids is 3. The average Bonchev–Trinajstić information content (AvgIpc) is 2.86. The number of aryl methyl sites for hydroxylation is 2. The Labute approximate surface area is 221 Å². The molecule has 8 nitrogen and oxygen atoms in total. The summed E-state index contributed by atoms with van der Waals surface area (Å²) in [6.45, 7) is 5.12. The Balaban J connectivity index is 1.83. The van der Waals surface area contributed by atoms with E-state index < -0.39 is 41.0 Å². The third kappa shape index (κ3) is 5.26. The number of nitrogens with one attached hydrogen (secondary N) is 2.